The van der Waals surface area contributed by atoms with Gasteiger partial charge in [-0.3, -0.25) is 0 Å². The average Bonchev–Trinajstić information content (AvgIpc) is 2.90. The highest BCUT2D eigenvalue weighted by Gasteiger charge is 2.16. The van der Waals surface area contributed by atoms with E-state index in [2.05, 4.69) is 0 Å². The van der Waals surface area contributed by atoms with Crippen molar-refractivity contribution < 1.29 is 18.7 Å². The number of benzene rings is 2. The molecule has 21 heavy (non-hydrogen) atoms. The normalized spacial score (nSPS) is 12.7. The van der Waals surface area contributed by atoms with Gasteiger partial charge in [-0.05, 0) is 35.4 Å². The molecule has 3 nitrogen and oxygen atoms in total. The minimum Gasteiger partial charge on any atom is -0.458 e. The molecule has 0 aliphatic heterocycles. The fourth-order valence-corrected chi connectivity index (χ4v) is 2.35. The summed E-state index contributed by atoms with van der Waals surface area (Å²) < 4.78 is 23.9. The highest BCUT2D eigenvalue weighted by molar-refractivity contribution is 5.78. The van der Waals surface area contributed by atoms with Crippen LogP contribution in [0, 0.1) is 5.82 Å². The molecule has 0 spiro atoms. The largest absolute Gasteiger partial charge is 0.458 e. The molecule has 0 saturated heterocycles. The van der Waals surface area contributed by atoms with Crippen molar-refractivity contribution in [1.82, 2.24) is 0 Å². The zero-order valence-corrected chi connectivity index (χ0v) is 11.5. The molecule has 3 rings (SSSR count). The molecule has 0 aliphatic carbocycles. The number of fused-ring (bicyclic) bond motifs is 1. The molecule has 108 valence electrons. The Hall–Kier alpha value is -2.17. The summed E-state index contributed by atoms with van der Waals surface area (Å²) in [6.07, 6.45) is -0.891. The Kier molecular flexibility index (Phi) is 3.73. The molecule has 1 N–H and O–H groups in total. The Morgan fingerprint density at radius 2 is 2.05 bits per heavy atom. The first-order chi connectivity index (χ1) is 10.2. The van der Waals surface area contributed by atoms with Gasteiger partial charge in [0, 0.05) is 12.5 Å². The van der Waals surface area contributed by atoms with Gasteiger partial charge in [-0.15, -0.1) is 0 Å². The standard InChI is InChI=1S/C17H15FO3/c1-20-10-11-3-2-4-12(7-11)17(19)16-9-13-8-14(18)5-6-15(13)21-16/h2-9,17,19H,10H2,1H3. The Bertz CT molecular complexity index is 764. The van der Waals surface area contributed by atoms with Gasteiger partial charge in [0.2, 0.25) is 0 Å². The van der Waals surface area contributed by atoms with Gasteiger partial charge in [-0.1, -0.05) is 24.3 Å². The third kappa shape index (κ3) is 2.82. The van der Waals surface area contributed by atoms with E-state index >= 15 is 0 Å². The maximum Gasteiger partial charge on any atom is 0.138 e. The number of methoxy groups -OCH3 is 1. The highest BCUT2D eigenvalue weighted by atomic mass is 19.1. The molecule has 1 heterocycles. The first kappa shape index (κ1) is 13.8. The number of rotatable bonds is 4. The Morgan fingerprint density at radius 3 is 2.86 bits per heavy atom. The lowest BCUT2D eigenvalue weighted by atomic mass is 10.0. The van der Waals surface area contributed by atoms with Gasteiger partial charge in [0.05, 0.1) is 6.61 Å². The van der Waals surface area contributed by atoms with Crippen molar-refractivity contribution in [3.05, 3.63) is 71.2 Å². The van der Waals surface area contributed by atoms with Crippen LogP contribution >= 0.6 is 0 Å². The molecule has 2 aromatic carbocycles. The van der Waals surface area contributed by atoms with Gasteiger partial charge in [-0.25, -0.2) is 4.39 Å². The fourth-order valence-electron chi connectivity index (χ4n) is 2.35. The second-order valence-electron chi connectivity index (χ2n) is 4.91. The number of hydrogen-bond donors (Lipinski definition) is 1. The summed E-state index contributed by atoms with van der Waals surface area (Å²) in [7, 11) is 1.62. The molecule has 1 atom stereocenters. The summed E-state index contributed by atoms with van der Waals surface area (Å²) in [5.41, 5.74) is 2.23. The van der Waals surface area contributed by atoms with Crippen LogP contribution in [0.15, 0.2) is 52.9 Å². The summed E-state index contributed by atoms with van der Waals surface area (Å²) >= 11 is 0. The maximum atomic E-state index is 13.2. The number of ether oxygens (including phenoxy) is 1. The minimum absolute atomic E-state index is 0.327. The smallest absolute Gasteiger partial charge is 0.138 e. The molecule has 0 amide bonds. The van der Waals surface area contributed by atoms with Gasteiger partial charge in [-0.2, -0.15) is 0 Å². The number of furan rings is 1. The van der Waals surface area contributed by atoms with E-state index in [-0.39, 0.29) is 5.82 Å². The number of halogens is 1. The van der Waals surface area contributed by atoms with Crippen molar-refractivity contribution in [3.8, 4) is 0 Å². The lowest BCUT2D eigenvalue weighted by molar-refractivity contribution is 0.182. The molecule has 1 unspecified atom stereocenters. The molecular formula is C17H15FO3. The fraction of sp³-hybridized carbons (Fsp3) is 0.176. The van der Waals surface area contributed by atoms with Gasteiger partial charge in [0.1, 0.15) is 23.3 Å². The molecule has 1 aromatic heterocycles. The third-order valence-corrected chi connectivity index (χ3v) is 3.34. The molecule has 3 aromatic rings. The van der Waals surface area contributed by atoms with E-state index < -0.39 is 6.10 Å². The van der Waals surface area contributed by atoms with Crippen LogP contribution in [-0.4, -0.2) is 12.2 Å². The van der Waals surface area contributed by atoms with Crippen LogP contribution in [-0.2, 0) is 11.3 Å². The Balaban J connectivity index is 1.95. The second-order valence-corrected chi connectivity index (χ2v) is 4.91. The summed E-state index contributed by atoms with van der Waals surface area (Å²) in [5, 5.41) is 11.1. The number of hydrogen-bond acceptors (Lipinski definition) is 3. The molecule has 4 heteroatoms. The van der Waals surface area contributed by atoms with Crippen molar-refractivity contribution in [2.75, 3.05) is 7.11 Å². The van der Waals surface area contributed by atoms with Crippen LogP contribution in [0.5, 0.6) is 0 Å². The molecule has 0 bridgehead atoms. The van der Waals surface area contributed by atoms with E-state index in [0.717, 1.165) is 5.56 Å². The van der Waals surface area contributed by atoms with Crippen molar-refractivity contribution >= 4 is 11.0 Å². The van der Waals surface area contributed by atoms with Gasteiger partial charge < -0.3 is 14.3 Å². The van der Waals surface area contributed by atoms with E-state index in [0.29, 0.717) is 28.9 Å². The number of aliphatic hydroxyl groups is 1. The SMILES string of the molecule is COCc1cccc(C(O)c2cc3cc(F)ccc3o2)c1. The van der Waals surface area contributed by atoms with Crippen LogP contribution in [0.2, 0.25) is 0 Å². The van der Waals surface area contributed by atoms with E-state index in [1.165, 1.54) is 12.1 Å². The monoisotopic (exact) mass is 286 g/mol. The van der Waals surface area contributed by atoms with E-state index in [9.17, 15) is 9.50 Å². The average molecular weight is 286 g/mol. The zero-order valence-electron chi connectivity index (χ0n) is 11.5. The Morgan fingerprint density at radius 1 is 1.19 bits per heavy atom. The summed E-state index contributed by atoms with van der Waals surface area (Å²) in [6, 6.07) is 13.4. The molecule has 0 radical (unpaired) electrons. The lowest BCUT2D eigenvalue weighted by Crippen LogP contribution is -1.99. The van der Waals surface area contributed by atoms with Crippen LogP contribution < -0.4 is 0 Å². The van der Waals surface area contributed by atoms with E-state index in [1.807, 2.05) is 24.3 Å². The van der Waals surface area contributed by atoms with Crippen molar-refractivity contribution in [2.45, 2.75) is 12.7 Å². The summed E-state index contributed by atoms with van der Waals surface area (Å²) in [5.74, 6) is 0.0663. The predicted octanol–water partition coefficient (Wildman–Crippen LogP) is 3.80. The zero-order chi connectivity index (χ0) is 14.8. The van der Waals surface area contributed by atoms with Crippen LogP contribution in [0.4, 0.5) is 4.39 Å². The minimum atomic E-state index is -0.891. The molecule has 0 aliphatic rings. The summed E-state index contributed by atoms with van der Waals surface area (Å²) in [4.78, 5) is 0. The van der Waals surface area contributed by atoms with E-state index in [1.54, 1.807) is 19.2 Å². The molecule has 0 fully saturated rings. The first-order valence-corrected chi connectivity index (χ1v) is 6.62. The van der Waals surface area contributed by atoms with Gasteiger partial charge in [0.25, 0.3) is 0 Å². The van der Waals surface area contributed by atoms with Crippen LogP contribution in [0.3, 0.4) is 0 Å². The third-order valence-electron chi connectivity index (χ3n) is 3.34. The topological polar surface area (TPSA) is 42.6 Å². The van der Waals surface area contributed by atoms with Gasteiger partial charge in [0.15, 0.2) is 0 Å². The van der Waals surface area contributed by atoms with Crippen LogP contribution in [0.1, 0.15) is 23.0 Å². The predicted molar refractivity (Wildman–Crippen MR) is 77.4 cm³/mol. The lowest BCUT2D eigenvalue weighted by Gasteiger charge is -2.09. The van der Waals surface area contributed by atoms with Crippen LogP contribution in [0.25, 0.3) is 11.0 Å². The van der Waals surface area contributed by atoms with Gasteiger partial charge >= 0.3 is 0 Å². The summed E-state index contributed by atoms with van der Waals surface area (Å²) in [6.45, 7) is 0.478. The second kappa shape index (κ2) is 5.68. The number of aliphatic hydroxyl groups excluding tert-OH is 1. The Labute approximate surface area is 121 Å². The maximum absolute atomic E-state index is 13.2. The van der Waals surface area contributed by atoms with Crippen molar-refractivity contribution in [2.24, 2.45) is 0 Å². The van der Waals surface area contributed by atoms with E-state index in [4.69, 9.17) is 9.15 Å². The quantitative estimate of drug-likeness (QED) is 0.793. The first-order valence-electron chi connectivity index (χ1n) is 6.62. The highest BCUT2D eigenvalue weighted by Crippen LogP contribution is 2.29. The molecular weight excluding hydrogens is 271 g/mol. The van der Waals surface area contributed by atoms with Crippen molar-refractivity contribution in [3.63, 3.8) is 0 Å². The molecule has 0 saturated carbocycles. The van der Waals surface area contributed by atoms with Crippen molar-refractivity contribution in [1.29, 1.82) is 0 Å².